The first-order chi connectivity index (χ1) is 12.9. The summed E-state index contributed by atoms with van der Waals surface area (Å²) in [5, 5.41) is 13.6. The zero-order chi connectivity index (χ0) is 19.1. The van der Waals surface area contributed by atoms with Crippen molar-refractivity contribution in [2.75, 3.05) is 6.54 Å². The van der Waals surface area contributed by atoms with Crippen LogP contribution < -0.4 is 5.32 Å². The van der Waals surface area contributed by atoms with E-state index in [1.54, 1.807) is 6.92 Å². The quantitative estimate of drug-likeness (QED) is 0.754. The standard InChI is InChI=1S/C22H29NO4/c1-15(19(24)23-8-7-16-5-3-2-4-6-16)27-20(25)21-10-17-9-18(11-21)13-22(26,12-17)14-21/h2-6,15,17-18,26H,7-14H2,1H3,(H,23,24)/t15-,17-,18+,21?,22?/m1/s1. The van der Waals surface area contributed by atoms with Crippen LogP contribution in [-0.2, 0) is 20.7 Å². The van der Waals surface area contributed by atoms with Gasteiger partial charge in [0.1, 0.15) is 0 Å². The van der Waals surface area contributed by atoms with E-state index in [4.69, 9.17) is 4.74 Å². The molecule has 4 fully saturated rings. The van der Waals surface area contributed by atoms with Crippen LogP contribution in [0.1, 0.15) is 51.0 Å². The Morgan fingerprint density at radius 3 is 2.48 bits per heavy atom. The minimum Gasteiger partial charge on any atom is -0.452 e. The van der Waals surface area contributed by atoms with Crippen molar-refractivity contribution in [3.63, 3.8) is 0 Å². The molecular formula is C22H29NO4. The van der Waals surface area contributed by atoms with Gasteiger partial charge in [-0.05, 0) is 69.3 Å². The monoisotopic (exact) mass is 371 g/mol. The number of benzene rings is 1. The van der Waals surface area contributed by atoms with E-state index in [1.165, 1.54) is 0 Å². The van der Waals surface area contributed by atoms with Crippen molar-refractivity contribution in [1.82, 2.24) is 5.32 Å². The third-order valence-electron chi connectivity index (χ3n) is 6.67. The van der Waals surface area contributed by atoms with Gasteiger partial charge in [0.05, 0.1) is 11.0 Å². The van der Waals surface area contributed by atoms with Gasteiger partial charge in [-0.1, -0.05) is 30.3 Å². The fourth-order valence-corrected chi connectivity index (χ4v) is 5.91. The lowest BCUT2D eigenvalue weighted by atomic mass is 9.48. The first kappa shape index (κ1) is 18.5. The molecule has 5 heteroatoms. The molecule has 2 unspecified atom stereocenters. The molecule has 5 atom stereocenters. The van der Waals surface area contributed by atoms with E-state index in [0.29, 0.717) is 24.8 Å². The molecule has 0 aliphatic heterocycles. The molecule has 4 bridgehead atoms. The molecule has 0 radical (unpaired) electrons. The highest BCUT2D eigenvalue weighted by Gasteiger charge is 2.61. The van der Waals surface area contributed by atoms with Crippen LogP contribution in [0.4, 0.5) is 0 Å². The predicted octanol–water partition coefficient (Wildman–Crippen LogP) is 2.61. The third kappa shape index (κ3) is 3.75. The summed E-state index contributed by atoms with van der Waals surface area (Å²) in [6.07, 6.45) is 4.77. The Morgan fingerprint density at radius 1 is 1.19 bits per heavy atom. The summed E-state index contributed by atoms with van der Waals surface area (Å²) in [5.74, 6) is 0.279. The molecule has 4 aliphatic carbocycles. The minimum atomic E-state index is -0.809. The van der Waals surface area contributed by atoms with Crippen molar-refractivity contribution < 1.29 is 19.4 Å². The number of carbonyl (C=O) groups is 2. The number of ether oxygens (including phenoxy) is 1. The smallest absolute Gasteiger partial charge is 0.312 e. The Labute approximate surface area is 160 Å². The van der Waals surface area contributed by atoms with Gasteiger partial charge in [-0.25, -0.2) is 0 Å². The fourth-order valence-electron chi connectivity index (χ4n) is 5.91. The summed E-state index contributed by atoms with van der Waals surface area (Å²) in [6.45, 7) is 2.14. The van der Waals surface area contributed by atoms with Gasteiger partial charge in [0.2, 0.25) is 0 Å². The molecule has 1 amide bonds. The van der Waals surface area contributed by atoms with Crippen LogP contribution in [-0.4, -0.2) is 35.2 Å². The van der Waals surface area contributed by atoms with Crippen molar-refractivity contribution in [2.45, 2.75) is 63.6 Å². The Kier molecular flexibility index (Phi) is 4.75. The molecule has 1 aromatic rings. The van der Waals surface area contributed by atoms with E-state index in [-0.39, 0.29) is 11.9 Å². The van der Waals surface area contributed by atoms with Gasteiger partial charge < -0.3 is 15.2 Å². The molecule has 27 heavy (non-hydrogen) atoms. The van der Waals surface area contributed by atoms with Gasteiger partial charge in [-0.2, -0.15) is 0 Å². The van der Waals surface area contributed by atoms with Gasteiger partial charge in [-0.15, -0.1) is 0 Å². The van der Waals surface area contributed by atoms with E-state index < -0.39 is 17.1 Å². The second kappa shape index (κ2) is 6.93. The minimum absolute atomic E-state index is 0.261. The Balaban J connectivity index is 1.30. The van der Waals surface area contributed by atoms with Crippen LogP contribution in [0, 0.1) is 17.3 Å². The van der Waals surface area contributed by atoms with E-state index in [0.717, 1.165) is 44.1 Å². The first-order valence-corrected chi connectivity index (χ1v) is 10.1. The van der Waals surface area contributed by atoms with E-state index >= 15 is 0 Å². The number of nitrogens with one attached hydrogen (secondary N) is 1. The van der Waals surface area contributed by atoms with Gasteiger partial charge >= 0.3 is 5.97 Å². The summed E-state index contributed by atoms with van der Waals surface area (Å²) in [6, 6.07) is 9.95. The molecule has 146 valence electrons. The lowest BCUT2D eigenvalue weighted by Gasteiger charge is -2.58. The fraction of sp³-hybridized carbons (Fsp3) is 0.636. The average Bonchev–Trinajstić information content (AvgIpc) is 2.60. The molecule has 1 aromatic carbocycles. The van der Waals surface area contributed by atoms with E-state index in [9.17, 15) is 14.7 Å². The van der Waals surface area contributed by atoms with Gasteiger partial charge in [0.15, 0.2) is 6.10 Å². The maximum Gasteiger partial charge on any atom is 0.312 e. The Hall–Kier alpha value is -1.88. The largest absolute Gasteiger partial charge is 0.452 e. The summed E-state index contributed by atoms with van der Waals surface area (Å²) in [7, 11) is 0. The zero-order valence-electron chi connectivity index (χ0n) is 15.9. The summed E-state index contributed by atoms with van der Waals surface area (Å²) in [4.78, 5) is 25.3. The molecule has 5 rings (SSSR count). The van der Waals surface area contributed by atoms with Gasteiger partial charge in [0.25, 0.3) is 5.91 Å². The topological polar surface area (TPSA) is 75.6 Å². The second-order valence-corrected chi connectivity index (χ2v) is 9.04. The first-order valence-electron chi connectivity index (χ1n) is 10.1. The molecular weight excluding hydrogens is 342 g/mol. The molecule has 0 saturated heterocycles. The SMILES string of the molecule is C[C@@H](OC(=O)C12C[C@@H]3C[C@@H](CC(O)(C3)C1)C2)C(=O)NCCc1ccccc1. The van der Waals surface area contributed by atoms with Crippen LogP contribution in [0.2, 0.25) is 0 Å². The van der Waals surface area contributed by atoms with Crippen LogP contribution in [0.5, 0.6) is 0 Å². The van der Waals surface area contributed by atoms with E-state index in [1.807, 2.05) is 30.3 Å². The lowest BCUT2D eigenvalue weighted by Crippen LogP contribution is -2.59. The Morgan fingerprint density at radius 2 is 1.85 bits per heavy atom. The zero-order valence-corrected chi connectivity index (χ0v) is 15.9. The number of esters is 1. The highest BCUT2D eigenvalue weighted by molar-refractivity contribution is 5.85. The highest BCUT2D eigenvalue weighted by Crippen LogP contribution is 2.62. The maximum atomic E-state index is 12.9. The predicted molar refractivity (Wildman–Crippen MR) is 101 cm³/mol. The van der Waals surface area contributed by atoms with Crippen molar-refractivity contribution >= 4 is 11.9 Å². The summed E-state index contributed by atoms with van der Waals surface area (Å²) >= 11 is 0. The van der Waals surface area contributed by atoms with Crippen molar-refractivity contribution in [3.05, 3.63) is 35.9 Å². The number of carbonyl (C=O) groups excluding carboxylic acids is 2. The normalized spacial score (nSPS) is 34.9. The summed E-state index contributed by atoms with van der Waals surface area (Å²) < 4.78 is 5.58. The molecule has 0 aromatic heterocycles. The highest BCUT2D eigenvalue weighted by atomic mass is 16.5. The van der Waals surface area contributed by atoms with E-state index in [2.05, 4.69) is 5.32 Å². The maximum absolute atomic E-state index is 12.9. The summed E-state index contributed by atoms with van der Waals surface area (Å²) in [5.41, 5.74) is -0.133. The number of rotatable bonds is 6. The molecule has 5 nitrogen and oxygen atoms in total. The Bertz CT molecular complexity index is 702. The van der Waals surface area contributed by atoms with Crippen LogP contribution in [0.15, 0.2) is 30.3 Å². The van der Waals surface area contributed by atoms with Gasteiger partial charge in [-0.3, -0.25) is 9.59 Å². The van der Waals surface area contributed by atoms with Gasteiger partial charge in [0, 0.05) is 6.54 Å². The van der Waals surface area contributed by atoms with Crippen molar-refractivity contribution in [1.29, 1.82) is 0 Å². The number of hydrogen-bond donors (Lipinski definition) is 2. The molecule has 0 heterocycles. The van der Waals surface area contributed by atoms with Crippen molar-refractivity contribution in [2.24, 2.45) is 17.3 Å². The second-order valence-electron chi connectivity index (χ2n) is 9.04. The third-order valence-corrected chi connectivity index (χ3v) is 6.67. The number of hydrogen-bond acceptors (Lipinski definition) is 4. The number of amides is 1. The van der Waals surface area contributed by atoms with Crippen LogP contribution >= 0.6 is 0 Å². The molecule has 4 aliphatic rings. The van der Waals surface area contributed by atoms with Crippen LogP contribution in [0.3, 0.4) is 0 Å². The lowest BCUT2D eigenvalue weighted by molar-refractivity contribution is -0.200. The average molecular weight is 371 g/mol. The van der Waals surface area contributed by atoms with Crippen LogP contribution in [0.25, 0.3) is 0 Å². The van der Waals surface area contributed by atoms with Crippen molar-refractivity contribution in [3.8, 4) is 0 Å². The molecule has 0 spiro atoms. The molecule has 4 saturated carbocycles. The molecule has 2 N–H and O–H groups in total. The number of aliphatic hydroxyl groups is 1.